The Bertz CT molecular complexity index is 312. The standard InChI is InChI=1S/C12H26N2O2S/c1-4-14(17(3,15)16)9-5-8-13-11(2)10-12-6-7-12/h11-13H,4-10H2,1-3H3. The average molecular weight is 262 g/mol. The van der Waals surface area contributed by atoms with Gasteiger partial charge < -0.3 is 5.32 Å². The normalized spacial score (nSPS) is 18.6. The molecule has 0 aliphatic heterocycles. The van der Waals surface area contributed by atoms with Crippen molar-refractivity contribution in [3.8, 4) is 0 Å². The van der Waals surface area contributed by atoms with Crippen LogP contribution in [0.1, 0.15) is 39.5 Å². The van der Waals surface area contributed by atoms with E-state index in [-0.39, 0.29) is 0 Å². The van der Waals surface area contributed by atoms with Gasteiger partial charge in [-0.1, -0.05) is 19.8 Å². The summed E-state index contributed by atoms with van der Waals surface area (Å²) in [6, 6.07) is 0.566. The zero-order valence-corrected chi connectivity index (χ0v) is 12.1. The molecule has 0 spiro atoms. The van der Waals surface area contributed by atoms with Gasteiger partial charge in [-0.2, -0.15) is 0 Å². The third-order valence-corrected chi connectivity index (χ3v) is 4.66. The lowest BCUT2D eigenvalue weighted by molar-refractivity contribution is 0.406. The molecule has 5 heteroatoms. The van der Waals surface area contributed by atoms with Crippen molar-refractivity contribution >= 4 is 10.0 Å². The molecule has 0 aromatic carbocycles. The highest BCUT2D eigenvalue weighted by atomic mass is 32.2. The molecule has 0 heterocycles. The van der Waals surface area contributed by atoms with Gasteiger partial charge in [-0.25, -0.2) is 12.7 Å². The quantitative estimate of drug-likeness (QED) is 0.640. The number of rotatable bonds is 9. The van der Waals surface area contributed by atoms with Gasteiger partial charge in [-0.15, -0.1) is 0 Å². The minimum Gasteiger partial charge on any atom is -0.314 e. The van der Waals surface area contributed by atoms with E-state index in [1.54, 1.807) is 0 Å². The molecule has 0 aromatic rings. The number of nitrogens with zero attached hydrogens (tertiary/aromatic N) is 1. The lowest BCUT2D eigenvalue weighted by atomic mass is 10.1. The van der Waals surface area contributed by atoms with Crippen LogP contribution in [0.3, 0.4) is 0 Å². The maximum atomic E-state index is 11.3. The second kappa shape index (κ2) is 6.71. The van der Waals surface area contributed by atoms with E-state index in [1.165, 1.54) is 29.8 Å². The van der Waals surface area contributed by atoms with Gasteiger partial charge in [0, 0.05) is 19.1 Å². The Kier molecular flexibility index (Phi) is 5.89. The number of hydrogen-bond donors (Lipinski definition) is 1. The lowest BCUT2D eigenvalue weighted by Gasteiger charge is -2.19. The molecule has 102 valence electrons. The second-order valence-electron chi connectivity index (χ2n) is 5.14. The van der Waals surface area contributed by atoms with Crippen LogP contribution < -0.4 is 5.32 Å². The van der Waals surface area contributed by atoms with E-state index >= 15 is 0 Å². The van der Waals surface area contributed by atoms with Crippen molar-refractivity contribution < 1.29 is 8.42 Å². The third kappa shape index (κ3) is 6.38. The SMILES string of the molecule is CCN(CCCNC(C)CC1CC1)S(C)(=O)=O. The van der Waals surface area contributed by atoms with E-state index in [0.717, 1.165) is 18.9 Å². The molecule has 1 rings (SSSR count). The Labute approximate surface area is 106 Å². The lowest BCUT2D eigenvalue weighted by Crippen LogP contribution is -2.34. The molecule has 17 heavy (non-hydrogen) atoms. The van der Waals surface area contributed by atoms with E-state index < -0.39 is 10.0 Å². The van der Waals surface area contributed by atoms with Crippen LogP contribution in [-0.2, 0) is 10.0 Å². The zero-order chi connectivity index (χ0) is 12.9. The van der Waals surface area contributed by atoms with Crippen molar-refractivity contribution in [3.63, 3.8) is 0 Å². The summed E-state index contributed by atoms with van der Waals surface area (Å²) in [6.45, 7) is 6.19. The third-order valence-electron chi connectivity index (χ3n) is 3.28. The first-order valence-electron chi connectivity index (χ1n) is 6.62. The van der Waals surface area contributed by atoms with Gasteiger partial charge in [0.15, 0.2) is 0 Å². The predicted octanol–water partition coefficient (Wildman–Crippen LogP) is 1.44. The highest BCUT2D eigenvalue weighted by Gasteiger charge is 2.23. The fourth-order valence-corrected chi connectivity index (χ4v) is 3.03. The molecule has 1 saturated carbocycles. The Hall–Kier alpha value is -0.130. The molecule has 0 radical (unpaired) electrons. The van der Waals surface area contributed by atoms with E-state index in [2.05, 4.69) is 12.2 Å². The molecule has 1 aliphatic carbocycles. The maximum Gasteiger partial charge on any atom is 0.211 e. The topological polar surface area (TPSA) is 49.4 Å². The molecule has 0 aromatic heterocycles. The Morgan fingerprint density at radius 2 is 2.06 bits per heavy atom. The molecule has 1 unspecified atom stereocenters. The average Bonchev–Trinajstić information content (AvgIpc) is 2.99. The molecule has 0 amide bonds. The van der Waals surface area contributed by atoms with E-state index in [1.807, 2.05) is 6.92 Å². The largest absolute Gasteiger partial charge is 0.314 e. The molecule has 4 nitrogen and oxygen atoms in total. The molecule has 0 saturated heterocycles. The molecular weight excluding hydrogens is 236 g/mol. The molecule has 0 bridgehead atoms. The van der Waals surface area contributed by atoms with Crippen LogP contribution in [-0.4, -0.2) is 44.7 Å². The van der Waals surface area contributed by atoms with Gasteiger partial charge in [0.1, 0.15) is 0 Å². The molecule has 1 atom stereocenters. The smallest absolute Gasteiger partial charge is 0.211 e. The number of nitrogens with one attached hydrogen (secondary N) is 1. The highest BCUT2D eigenvalue weighted by molar-refractivity contribution is 7.88. The van der Waals surface area contributed by atoms with Crippen LogP contribution in [0.5, 0.6) is 0 Å². The Balaban J connectivity index is 2.09. The fourth-order valence-electron chi connectivity index (χ4n) is 2.10. The van der Waals surface area contributed by atoms with Gasteiger partial charge in [-0.05, 0) is 32.2 Å². The van der Waals surface area contributed by atoms with Crippen LogP contribution in [0, 0.1) is 5.92 Å². The first-order valence-corrected chi connectivity index (χ1v) is 8.46. The minimum absolute atomic E-state index is 0.566. The van der Waals surface area contributed by atoms with Crippen molar-refractivity contribution in [2.45, 2.75) is 45.6 Å². The fraction of sp³-hybridized carbons (Fsp3) is 1.00. The summed E-state index contributed by atoms with van der Waals surface area (Å²) in [5.41, 5.74) is 0. The van der Waals surface area contributed by atoms with Crippen molar-refractivity contribution in [2.24, 2.45) is 5.92 Å². The number of sulfonamides is 1. The van der Waals surface area contributed by atoms with Crippen molar-refractivity contribution in [1.29, 1.82) is 0 Å². The molecule has 1 N–H and O–H groups in total. The van der Waals surface area contributed by atoms with Crippen LogP contribution in [0.2, 0.25) is 0 Å². The predicted molar refractivity (Wildman–Crippen MR) is 71.5 cm³/mol. The van der Waals surface area contributed by atoms with Gasteiger partial charge in [0.05, 0.1) is 6.26 Å². The summed E-state index contributed by atoms with van der Waals surface area (Å²) in [6.07, 6.45) is 6.21. The Morgan fingerprint density at radius 1 is 1.41 bits per heavy atom. The highest BCUT2D eigenvalue weighted by Crippen LogP contribution is 2.33. The summed E-state index contributed by atoms with van der Waals surface area (Å²) >= 11 is 0. The van der Waals surface area contributed by atoms with Crippen LogP contribution in [0.25, 0.3) is 0 Å². The van der Waals surface area contributed by atoms with Gasteiger partial charge in [0.2, 0.25) is 10.0 Å². The van der Waals surface area contributed by atoms with Crippen molar-refractivity contribution in [1.82, 2.24) is 9.62 Å². The van der Waals surface area contributed by atoms with Crippen molar-refractivity contribution in [3.05, 3.63) is 0 Å². The van der Waals surface area contributed by atoms with E-state index in [0.29, 0.717) is 19.1 Å². The monoisotopic (exact) mass is 262 g/mol. The summed E-state index contributed by atoms with van der Waals surface area (Å²) in [7, 11) is -3.02. The summed E-state index contributed by atoms with van der Waals surface area (Å²) in [4.78, 5) is 0. The molecule has 1 aliphatic rings. The second-order valence-corrected chi connectivity index (χ2v) is 7.12. The maximum absolute atomic E-state index is 11.3. The van der Waals surface area contributed by atoms with E-state index in [4.69, 9.17) is 0 Å². The molecule has 1 fully saturated rings. The van der Waals surface area contributed by atoms with Crippen molar-refractivity contribution in [2.75, 3.05) is 25.9 Å². The van der Waals surface area contributed by atoms with Crippen LogP contribution in [0.15, 0.2) is 0 Å². The van der Waals surface area contributed by atoms with Gasteiger partial charge >= 0.3 is 0 Å². The zero-order valence-electron chi connectivity index (χ0n) is 11.3. The molecular formula is C12H26N2O2S. The first kappa shape index (κ1) is 14.9. The first-order chi connectivity index (χ1) is 7.93. The summed E-state index contributed by atoms with van der Waals surface area (Å²) in [5, 5.41) is 3.46. The summed E-state index contributed by atoms with van der Waals surface area (Å²) in [5.74, 6) is 0.945. The van der Waals surface area contributed by atoms with Gasteiger partial charge in [0.25, 0.3) is 0 Å². The summed E-state index contributed by atoms with van der Waals surface area (Å²) < 4.78 is 24.2. The van der Waals surface area contributed by atoms with Gasteiger partial charge in [-0.3, -0.25) is 0 Å². The Morgan fingerprint density at radius 3 is 2.53 bits per heavy atom. The minimum atomic E-state index is -3.02. The number of hydrogen-bond acceptors (Lipinski definition) is 3. The van der Waals surface area contributed by atoms with Crippen LogP contribution >= 0.6 is 0 Å². The van der Waals surface area contributed by atoms with Crippen LogP contribution in [0.4, 0.5) is 0 Å². The van der Waals surface area contributed by atoms with E-state index in [9.17, 15) is 8.42 Å².